The van der Waals surface area contributed by atoms with Gasteiger partial charge in [-0.2, -0.15) is 0 Å². The lowest BCUT2D eigenvalue weighted by molar-refractivity contribution is -0.118. The van der Waals surface area contributed by atoms with Crippen LogP contribution in [0.25, 0.3) is 0 Å². The average molecular weight is 271 g/mol. The molecule has 4 heteroatoms. The monoisotopic (exact) mass is 271 g/mol. The summed E-state index contributed by atoms with van der Waals surface area (Å²) in [7, 11) is 4.26. The maximum absolute atomic E-state index is 6.19. The van der Waals surface area contributed by atoms with Crippen LogP contribution in [0.5, 0.6) is 0 Å². The zero-order chi connectivity index (χ0) is 14.5. The summed E-state index contributed by atoms with van der Waals surface area (Å²) in [6.07, 6.45) is 3.26. The molecule has 1 aliphatic rings. The Balaban J connectivity index is 2.81. The first-order valence-electron chi connectivity index (χ1n) is 7.59. The van der Waals surface area contributed by atoms with Crippen molar-refractivity contribution in [2.45, 2.75) is 51.2 Å². The van der Waals surface area contributed by atoms with Crippen LogP contribution in [0.2, 0.25) is 0 Å². The smallest absolute Gasteiger partial charge is 0.0644 e. The highest BCUT2D eigenvalue weighted by Crippen LogP contribution is 2.35. The van der Waals surface area contributed by atoms with Gasteiger partial charge in [0, 0.05) is 31.8 Å². The zero-order valence-corrected chi connectivity index (χ0v) is 13.5. The summed E-state index contributed by atoms with van der Waals surface area (Å²) in [4.78, 5) is 4.86. The van der Waals surface area contributed by atoms with E-state index in [1.807, 2.05) is 0 Å². The first-order valence-corrected chi connectivity index (χ1v) is 7.59. The number of likely N-dealkylation sites (N-methyl/N-ethyl adjacent to an activating group) is 1. The van der Waals surface area contributed by atoms with Crippen molar-refractivity contribution in [3.05, 3.63) is 0 Å². The van der Waals surface area contributed by atoms with Crippen molar-refractivity contribution < 1.29 is 4.74 Å². The van der Waals surface area contributed by atoms with E-state index in [0.717, 1.165) is 45.6 Å². The molecule has 0 aromatic carbocycles. The van der Waals surface area contributed by atoms with Gasteiger partial charge in [0.25, 0.3) is 0 Å². The predicted octanol–water partition coefficient (Wildman–Crippen LogP) is 1.55. The average Bonchev–Trinajstić information content (AvgIpc) is 2.32. The van der Waals surface area contributed by atoms with Crippen molar-refractivity contribution in [1.29, 1.82) is 0 Å². The quantitative estimate of drug-likeness (QED) is 0.763. The van der Waals surface area contributed by atoms with Gasteiger partial charge in [-0.15, -0.1) is 0 Å². The van der Waals surface area contributed by atoms with Crippen LogP contribution in [0, 0.1) is 0 Å². The molecule has 1 rings (SSSR count). The Morgan fingerprint density at radius 3 is 2.32 bits per heavy atom. The Morgan fingerprint density at radius 1 is 1.16 bits per heavy atom. The molecule has 4 nitrogen and oxygen atoms in total. The first kappa shape index (κ1) is 16.9. The number of nitrogens with zero attached hydrogens (tertiary/aromatic N) is 2. The van der Waals surface area contributed by atoms with Crippen molar-refractivity contribution in [2.24, 2.45) is 5.73 Å². The molecule has 1 atom stereocenters. The molecule has 1 unspecified atom stereocenters. The molecule has 0 amide bonds. The molecule has 19 heavy (non-hydrogen) atoms. The van der Waals surface area contributed by atoms with Crippen molar-refractivity contribution in [1.82, 2.24) is 9.80 Å². The standard InChI is InChI=1S/C15H33N3O/c1-6-8-18(10-9-17(4)5)15(13-16)7-11-19-14(2,3)12-15/h6-13,16H2,1-5H3. The molecule has 1 aliphatic heterocycles. The van der Waals surface area contributed by atoms with Gasteiger partial charge in [0.15, 0.2) is 0 Å². The molecule has 1 fully saturated rings. The van der Waals surface area contributed by atoms with E-state index < -0.39 is 0 Å². The topological polar surface area (TPSA) is 41.7 Å². The molecule has 0 bridgehead atoms. The summed E-state index contributed by atoms with van der Waals surface area (Å²) >= 11 is 0. The van der Waals surface area contributed by atoms with Gasteiger partial charge in [-0.05, 0) is 53.8 Å². The molecular weight excluding hydrogens is 238 g/mol. The summed E-state index contributed by atoms with van der Waals surface area (Å²) in [6, 6.07) is 0. The number of rotatable bonds is 7. The third-order valence-corrected chi connectivity index (χ3v) is 4.18. The fraction of sp³-hybridized carbons (Fsp3) is 1.00. The first-order chi connectivity index (χ1) is 8.85. The van der Waals surface area contributed by atoms with Gasteiger partial charge in [-0.1, -0.05) is 6.92 Å². The summed E-state index contributed by atoms with van der Waals surface area (Å²) in [5.74, 6) is 0. The minimum atomic E-state index is -0.0538. The molecular formula is C15H33N3O. The summed E-state index contributed by atoms with van der Waals surface area (Å²) < 4.78 is 5.88. The van der Waals surface area contributed by atoms with E-state index in [1.165, 1.54) is 6.42 Å². The molecule has 1 saturated heterocycles. The van der Waals surface area contributed by atoms with Gasteiger partial charge >= 0.3 is 0 Å². The molecule has 0 saturated carbocycles. The summed E-state index contributed by atoms with van der Waals surface area (Å²) in [5.41, 5.74) is 6.25. The highest BCUT2D eigenvalue weighted by Gasteiger charge is 2.43. The minimum absolute atomic E-state index is 0.0538. The van der Waals surface area contributed by atoms with Crippen LogP contribution in [-0.4, -0.2) is 67.8 Å². The van der Waals surface area contributed by atoms with Crippen LogP contribution in [0.3, 0.4) is 0 Å². The Labute approximate surface area is 119 Å². The molecule has 0 aromatic heterocycles. The molecule has 0 aromatic rings. The third kappa shape index (κ3) is 4.71. The second-order valence-corrected chi connectivity index (χ2v) is 6.75. The second kappa shape index (κ2) is 7.02. The molecule has 0 spiro atoms. The summed E-state index contributed by atoms with van der Waals surface area (Å²) in [6.45, 7) is 11.5. The second-order valence-electron chi connectivity index (χ2n) is 6.75. The van der Waals surface area contributed by atoms with Crippen molar-refractivity contribution in [3.8, 4) is 0 Å². The fourth-order valence-corrected chi connectivity index (χ4v) is 3.20. The highest BCUT2D eigenvalue weighted by atomic mass is 16.5. The van der Waals surface area contributed by atoms with Gasteiger partial charge in [0.1, 0.15) is 0 Å². The van der Waals surface area contributed by atoms with E-state index in [0.29, 0.717) is 0 Å². The molecule has 2 N–H and O–H groups in total. The van der Waals surface area contributed by atoms with Crippen molar-refractivity contribution >= 4 is 0 Å². The number of nitrogens with two attached hydrogens (primary N) is 1. The lowest BCUT2D eigenvalue weighted by Gasteiger charge is -2.51. The maximum atomic E-state index is 6.19. The van der Waals surface area contributed by atoms with Gasteiger partial charge < -0.3 is 15.4 Å². The van der Waals surface area contributed by atoms with E-state index in [2.05, 4.69) is 44.7 Å². The third-order valence-electron chi connectivity index (χ3n) is 4.18. The van der Waals surface area contributed by atoms with Gasteiger partial charge in [-0.25, -0.2) is 0 Å². The highest BCUT2D eigenvalue weighted by molar-refractivity contribution is 4.99. The van der Waals surface area contributed by atoms with Crippen LogP contribution in [0.4, 0.5) is 0 Å². The van der Waals surface area contributed by atoms with E-state index in [1.54, 1.807) is 0 Å². The van der Waals surface area contributed by atoms with Crippen molar-refractivity contribution in [3.63, 3.8) is 0 Å². The van der Waals surface area contributed by atoms with Gasteiger partial charge in [0.05, 0.1) is 5.60 Å². The number of hydrogen-bond acceptors (Lipinski definition) is 4. The van der Waals surface area contributed by atoms with E-state index in [9.17, 15) is 0 Å². The molecule has 0 aliphatic carbocycles. The molecule has 114 valence electrons. The number of hydrogen-bond donors (Lipinski definition) is 1. The Morgan fingerprint density at radius 2 is 1.84 bits per heavy atom. The Hall–Kier alpha value is -0.160. The van der Waals surface area contributed by atoms with E-state index in [4.69, 9.17) is 10.5 Å². The zero-order valence-electron chi connectivity index (χ0n) is 13.5. The van der Waals surface area contributed by atoms with Crippen LogP contribution in [0.1, 0.15) is 40.0 Å². The van der Waals surface area contributed by atoms with E-state index >= 15 is 0 Å². The normalized spacial score (nSPS) is 27.2. The summed E-state index contributed by atoms with van der Waals surface area (Å²) in [5, 5.41) is 0. The van der Waals surface area contributed by atoms with Crippen LogP contribution >= 0.6 is 0 Å². The van der Waals surface area contributed by atoms with Gasteiger partial charge in [-0.3, -0.25) is 4.90 Å². The van der Waals surface area contributed by atoms with E-state index in [-0.39, 0.29) is 11.1 Å². The largest absolute Gasteiger partial charge is 0.375 e. The lowest BCUT2D eigenvalue weighted by Crippen LogP contribution is -2.61. The van der Waals surface area contributed by atoms with Gasteiger partial charge in [0.2, 0.25) is 0 Å². The number of ether oxygens (including phenoxy) is 1. The fourth-order valence-electron chi connectivity index (χ4n) is 3.20. The predicted molar refractivity (Wildman–Crippen MR) is 81.5 cm³/mol. The van der Waals surface area contributed by atoms with Crippen molar-refractivity contribution in [2.75, 3.05) is 46.9 Å². The molecule has 1 heterocycles. The Bertz CT molecular complexity index is 268. The SMILES string of the molecule is CCCN(CCN(C)C)C1(CN)CCOC(C)(C)C1. The Kier molecular flexibility index (Phi) is 6.24. The van der Waals surface area contributed by atoms with Crippen LogP contribution in [-0.2, 0) is 4.74 Å². The minimum Gasteiger partial charge on any atom is -0.375 e. The lowest BCUT2D eigenvalue weighted by atomic mass is 9.79. The van der Waals surface area contributed by atoms with Crippen LogP contribution in [0.15, 0.2) is 0 Å². The van der Waals surface area contributed by atoms with Crippen LogP contribution < -0.4 is 5.73 Å². The molecule has 0 radical (unpaired) electrons. The maximum Gasteiger partial charge on any atom is 0.0644 e.